The van der Waals surface area contributed by atoms with Crippen molar-refractivity contribution in [3.63, 3.8) is 0 Å². The monoisotopic (exact) mass is 336 g/mol. The number of nitro groups is 1. The van der Waals surface area contributed by atoms with Gasteiger partial charge in [-0.05, 0) is 17.5 Å². The van der Waals surface area contributed by atoms with Crippen LogP contribution < -0.4 is 10.1 Å². The molecule has 0 radical (unpaired) electrons. The normalized spacial score (nSPS) is 10.4. The third-order valence-electron chi connectivity index (χ3n) is 3.74. The summed E-state index contributed by atoms with van der Waals surface area (Å²) < 4.78 is 5.73. The molecule has 3 aromatic carbocycles. The Hall–Kier alpha value is -3.41. The molecule has 0 atom stereocenters. The molecule has 0 heterocycles. The van der Waals surface area contributed by atoms with Gasteiger partial charge in [-0.3, -0.25) is 14.9 Å². The van der Waals surface area contributed by atoms with Gasteiger partial charge in [-0.25, -0.2) is 0 Å². The van der Waals surface area contributed by atoms with Crippen LogP contribution in [0.3, 0.4) is 0 Å². The molecule has 3 rings (SSSR count). The van der Waals surface area contributed by atoms with Crippen molar-refractivity contribution >= 4 is 22.4 Å². The van der Waals surface area contributed by atoms with E-state index in [1.807, 2.05) is 42.5 Å². The molecule has 0 bridgehead atoms. The summed E-state index contributed by atoms with van der Waals surface area (Å²) >= 11 is 0. The van der Waals surface area contributed by atoms with E-state index in [1.54, 1.807) is 6.07 Å². The maximum absolute atomic E-state index is 12.1. The van der Waals surface area contributed by atoms with Crippen LogP contribution >= 0.6 is 0 Å². The minimum absolute atomic E-state index is 0.0395. The van der Waals surface area contributed by atoms with Crippen molar-refractivity contribution in [1.29, 1.82) is 0 Å². The smallest absolute Gasteiger partial charge is 0.282 e. The van der Waals surface area contributed by atoms with Gasteiger partial charge in [-0.2, -0.15) is 0 Å². The van der Waals surface area contributed by atoms with Gasteiger partial charge >= 0.3 is 0 Å². The van der Waals surface area contributed by atoms with E-state index in [-0.39, 0.29) is 24.4 Å². The van der Waals surface area contributed by atoms with E-state index in [0.29, 0.717) is 0 Å². The van der Waals surface area contributed by atoms with Crippen molar-refractivity contribution < 1.29 is 14.5 Å². The Balaban J connectivity index is 1.60. The Kier molecular flexibility index (Phi) is 4.89. The van der Waals surface area contributed by atoms with Gasteiger partial charge < -0.3 is 10.1 Å². The molecule has 0 aliphatic carbocycles. The van der Waals surface area contributed by atoms with Crippen molar-refractivity contribution in [2.75, 3.05) is 13.2 Å². The fourth-order valence-electron chi connectivity index (χ4n) is 2.57. The van der Waals surface area contributed by atoms with Crippen LogP contribution in [0, 0.1) is 10.1 Å². The Morgan fingerprint density at radius 1 is 1.00 bits per heavy atom. The Morgan fingerprint density at radius 2 is 1.72 bits per heavy atom. The van der Waals surface area contributed by atoms with E-state index in [9.17, 15) is 14.9 Å². The highest BCUT2D eigenvalue weighted by molar-refractivity contribution is 5.98. The molecule has 0 spiro atoms. The number of para-hydroxylation sites is 1. The molecule has 0 saturated carbocycles. The molecule has 126 valence electrons. The number of nitrogens with zero attached hydrogens (tertiary/aromatic N) is 1. The highest BCUT2D eigenvalue weighted by Gasteiger charge is 2.18. The first-order chi connectivity index (χ1) is 12.2. The van der Waals surface area contributed by atoms with Gasteiger partial charge in [-0.15, -0.1) is 0 Å². The molecule has 0 unspecified atom stereocenters. The Bertz CT molecular complexity index is 919. The largest absolute Gasteiger partial charge is 0.491 e. The highest BCUT2D eigenvalue weighted by atomic mass is 16.6. The first-order valence-electron chi connectivity index (χ1n) is 7.79. The predicted octanol–water partition coefficient (Wildman–Crippen LogP) is 3.56. The van der Waals surface area contributed by atoms with Gasteiger partial charge in [0.15, 0.2) is 0 Å². The topological polar surface area (TPSA) is 81.5 Å². The fraction of sp³-hybridized carbons (Fsp3) is 0.105. The van der Waals surface area contributed by atoms with Crippen molar-refractivity contribution in [3.8, 4) is 5.75 Å². The molecule has 0 fully saturated rings. The van der Waals surface area contributed by atoms with Crippen molar-refractivity contribution in [3.05, 3.63) is 82.4 Å². The standard InChI is InChI=1S/C19H16N2O4/c22-19(16-9-3-4-10-17(16)21(23)24)20-12-13-25-18-11-5-7-14-6-1-2-8-15(14)18/h1-11H,12-13H2,(H,20,22). The first kappa shape index (κ1) is 16.4. The lowest BCUT2D eigenvalue weighted by Gasteiger charge is -2.10. The average Bonchev–Trinajstić information content (AvgIpc) is 2.65. The SMILES string of the molecule is O=C(NCCOc1cccc2ccccc12)c1ccccc1[N+](=O)[O-]. The van der Waals surface area contributed by atoms with E-state index in [4.69, 9.17) is 4.74 Å². The molecule has 0 aromatic heterocycles. The number of nitro benzene ring substituents is 1. The first-order valence-corrected chi connectivity index (χ1v) is 7.79. The molecule has 6 heteroatoms. The molecule has 0 aliphatic heterocycles. The van der Waals surface area contributed by atoms with E-state index >= 15 is 0 Å². The number of carbonyl (C=O) groups is 1. The van der Waals surface area contributed by atoms with Crippen LogP contribution in [0.5, 0.6) is 5.75 Å². The fourth-order valence-corrected chi connectivity index (χ4v) is 2.57. The van der Waals surface area contributed by atoms with Crippen LogP contribution in [0.15, 0.2) is 66.7 Å². The number of amides is 1. The lowest BCUT2D eigenvalue weighted by atomic mass is 10.1. The summed E-state index contributed by atoms with van der Waals surface area (Å²) in [5.41, 5.74) is -0.173. The highest BCUT2D eigenvalue weighted by Crippen LogP contribution is 2.25. The van der Waals surface area contributed by atoms with Crippen molar-refractivity contribution in [2.24, 2.45) is 0 Å². The van der Waals surface area contributed by atoms with E-state index in [1.165, 1.54) is 18.2 Å². The molecule has 0 saturated heterocycles. The molecule has 1 amide bonds. The third kappa shape index (κ3) is 3.74. The number of ether oxygens (including phenoxy) is 1. The lowest BCUT2D eigenvalue weighted by molar-refractivity contribution is -0.385. The summed E-state index contributed by atoms with van der Waals surface area (Å²) in [5, 5.41) is 15.7. The maximum Gasteiger partial charge on any atom is 0.282 e. The summed E-state index contributed by atoms with van der Waals surface area (Å²) in [6, 6.07) is 19.5. The maximum atomic E-state index is 12.1. The second-order valence-electron chi connectivity index (χ2n) is 5.36. The number of nitrogens with one attached hydrogen (secondary N) is 1. The quantitative estimate of drug-likeness (QED) is 0.424. The van der Waals surface area contributed by atoms with Gasteiger partial charge in [0, 0.05) is 11.5 Å². The van der Waals surface area contributed by atoms with Crippen LogP contribution in [-0.2, 0) is 0 Å². The summed E-state index contributed by atoms with van der Waals surface area (Å²) in [6.07, 6.45) is 0. The van der Waals surface area contributed by atoms with Crippen molar-refractivity contribution in [1.82, 2.24) is 5.32 Å². The van der Waals surface area contributed by atoms with Crippen LogP contribution in [0.1, 0.15) is 10.4 Å². The number of carbonyl (C=O) groups excluding carboxylic acids is 1. The van der Waals surface area contributed by atoms with Crippen LogP contribution in [-0.4, -0.2) is 24.0 Å². The van der Waals surface area contributed by atoms with Gasteiger partial charge in [0.05, 0.1) is 11.5 Å². The Morgan fingerprint density at radius 3 is 2.56 bits per heavy atom. The summed E-state index contributed by atoms with van der Waals surface area (Å²) in [5.74, 6) is 0.242. The number of fused-ring (bicyclic) bond motifs is 1. The van der Waals surface area contributed by atoms with E-state index < -0.39 is 10.8 Å². The predicted molar refractivity (Wildman–Crippen MR) is 94.9 cm³/mol. The average molecular weight is 336 g/mol. The zero-order valence-corrected chi connectivity index (χ0v) is 13.3. The zero-order valence-electron chi connectivity index (χ0n) is 13.3. The van der Waals surface area contributed by atoms with Crippen LogP contribution in [0.25, 0.3) is 10.8 Å². The van der Waals surface area contributed by atoms with Crippen molar-refractivity contribution in [2.45, 2.75) is 0 Å². The molecule has 1 N–H and O–H groups in total. The minimum Gasteiger partial charge on any atom is -0.491 e. The van der Waals surface area contributed by atoms with Gasteiger partial charge in [-0.1, -0.05) is 48.5 Å². The van der Waals surface area contributed by atoms with E-state index in [0.717, 1.165) is 16.5 Å². The van der Waals surface area contributed by atoms with Gasteiger partial charge in [0.25, 0.3) is 11.6 Å². The van der Waals surface area contributed by atoms with Crippen LogP contribution in [0.4, 0.5) is 5.69 Å². The third-order valence-corrected chi connectivity index (χ3v) is 3.74. The number of hydrogen-bond acceptors (Lipinski definition) is 4. The summed E-state index contributed by atoms with van der Waals surface area (Å²) in [7, 11) is 0. The number of benzene rings is 3. The number of rotatable bonds is 6. The molecule has 25 heavy (non-hydrogen) atoms. The Labute approximate surface area is 144 Å². The molecular weight excluding hydrogens is 320 g/mol. The van der Waals surface area contributed by atoms with Gasteiger partial charge in [0.2, 0.25) is 0 Å². The minimum atomic E-state index is -0.568. The summed E-state index contributed by atoms with van der Waals surface area (Å²) in [6.45, 7) is 0.508. The molecule has 3 aromatic rings. The molecular formula is C19H16N2O4. The van der Waals surface area contributed by atoms with E-state index in [2.05, 4.69) is 5.32 Å². The second-order valence-corrected chi connectivity index (χ2v) is 5.36. The molecule has 6 nitrogen and oxygen atoms in total. The lowest BCUT2D eigenvalue weighted by Crippen LogP contribution is -2.28. The summed E-state index contributed by atoms with van der Waals surface area (Å²) in [4.78, 5) is 22.5. The van der Waals surface area contributed by atoms with Crippen LogP contribution in [0.2, 0.25) is 0 Å². The number of hydrogen-bond donors (Lipinski definition) is 1. The second kappa shape index (κ2) is 7.44. The van der Waals surface area contributed by atoms with Gasteiger partial charge in [0.1, 0.15) is 17.9 Å². The molecule has 0 aliphatic rings. The zero-order chi connectivity index (χ0) is 17.6.